The van der Waals surface area contributed by atoms with Crippen molar-refractivity contribution in [1.82, 2.24) is 4.31 Å². The third kappa shape index (κ3) is 2.80. The Kier molecular flexibility index (Phi) is 4.31. The van der Waals surface area contributed by atoms with Gasteiger partial charge in [-0.2, -0.15) is 0 Å². The minimum Gasteiger partial charge on any atom is -0.207 e. The van der Waals surface area contributed by atoms with E-state index in [1.54, 1.807) is 31.3 Å². The standard InChI is InChI=1S/C10H14BrNO2S/c1-3-8-12(2)15(13,14)10-7-5-4-6-9(10)11/h4-7H,3,8H2,1-2H3. The van der Waals surface area contributed by atoms with Crippen LogP contribution in [-0.2, 0) is 10.0 Å². The van der Waals surface area contributed by atoms with Gasteiger partial charge in [0.2, 0.25) is 10.0 Å². The van der Waals surface area contributed by atoms with Crippen LogP contribution in [0.25, 0.3) is 0 Å². The van der Waals surface area contributed by atoms with E-state index in [0.717, 1.165) is 6.42 Å². The molecule has 0 saturated heterocycles. The summed E-state index contributed by atoms with van der Waals surface area (Å²) in [6.07, 6.45) is 0.806. The lowest BCUT2D eigenvalue weighted by molar-refractivity contribution is 0.468. The fraction of sp³-hybridized carbons (Fsp3) is 0.400. The topological polar surface area (TPSA) is 37.4 Å². The molecule has 15 heavy (non-hydrogen) atoms. The van der Waals surface area contributed by atoms with Gasteiger partial charge in [0, 0.05) is 18.1 Å². The van der Waals surface area contributed by atoms with Crippen LogP contribution in [0.1, 0.15) is 13.3 Å². The molecule has 1 rings (SSSR count). The molecule has 0 aliphatic carbocycles. The van der Waals surface area contributed by atoms with Crippen molar-refractivity contribution in [3.63, 3.8) is 0 Å². The van der Waals surface area contributed by atoms with Gasteiger partial charge in [-0.15, -0.1) is 0 Å². The lowest BCUT2D eigenvalue weighted by Gasteiger charge is -2.16. The van der Waals surface area contributed by atoms with Gasteiger partial charge in [-0.3, -0.25) is 0 Å². The molecule has 0 aliphatic rings. The van der Waals surface area contributed by atoms with Crippen LogP contribution >= 0.6 is 15.9 Å². The predicted molar refractivity (Wildman–Crippen MR) is 64.2 cm³/mol. The van der Waals surface area contributed by atoms with Crippen LogP contribution in [0.15, 0.2) is 33.6 Å². The summed E-state index contributed by atoms with van der Waals surface area (Å²) < 4.78 is 26.1. The van der Waals surface area contributed by atoms with Crippen LogP contribution in [0, 0.1) is 0 Å². The first kappa shape index (κ1) is 12.7. The van der Waals surface area contributed by atoms with Gasteiger partial charge < -0.3 is 0 Å². The van der Waals surface area contributed by atoms with Gasteiger partial charge in [0.25, 0.3) is 0 Å². The van der Waals surface area contributed by atoms with Crippen molar-refractivity contribution in [3.8, 4) is 0 Å². The number of rotatable bonds is 4. The summed E-state index contributed by atoms with van der Waals surface area (Å²) in [6.45, 7) is 2.48. The largest absolute Gasteiger partial charge is 0.243 e. The molecular weight excluding hydrogens is 278 g/mol. The minimum absolute atomic E-state index is 0.320. The van der Waals surface area contributed by atoms with Crippen LogP contribution < -0.4 is 0 Å². The summed E-state index contributed by atoms with van der Waals surface area (Å²) in [5.41, 5.74) is 0. The van der Waals surface area contributed by atoms with Gasteiger partial charge >= 0.3 is 0 Å². The highest BCUT2D eigenvalue weighted by Gasteiger charge is 2.21. The van der Waals surface area contributed by atoms with E-state index in [0.29, 0.717) is 15.9 Å². The van der Waals surface area contributed by atoms with Gasteiger partial charge in [-0.1, -0.05) is 19.1 Å². The monoisotopic (exact) mass is 291 g/mol. The van der Waals surface area contributed by atoms with Crippen LogP contribution in [0.5, 0.6) is 0 Å². The maximum absolute atomic E-state index is 12.0. The zero-order chi connectivity index (χ0) is 11.5. The molecular formula is C10H14BrNO2S. The van der Waals surface area contributed by atoms with Crippen molar-refractivity contribution in [1.29, 1.82) is 0 Å². The van der Waals surface area contributed by atoms with Crippen molar-refractivity contribution < 1.29 is 8.42 Å². The van der Waals surface area contributed by atoms with E-state index in [9.17, 15) is 8.42 Å². The fourth-order valence-corrected chi connectivity index (χ4v) is 3.48. The Bertz CT molecular complexity index is 431. The lowest BCUT2D eigenvalue weighted by Crippen LogP contribution is -2.27. The van der Waals surface area contributed by atoms with Crippen molar-refractivity contribution in [2.75, 3.05) is 13.6 Å². The molecule has 5 heteroatoms. The van der Waals surface area contributed by atoms with Crippen molar-refractivity contribution in [3.05, 3.63) is 28.7 Å². The Morgan fingerprint density at radius 3 is 2.47 bits per heavy atom. The Labute approximate surface area is 99.3 Å². The molecule has 0 amide bonds. The SMILES string of the molecule is CCCN(C)S(=O)(=O)c1ccccc1Br. The molecule has 0 aliphatic heterocycles. The molecule has 0 unspecified atom stereocenters. The first-order valence-corrected chi connectivity index (χ1v) is 6.94. The number of benzene rings is 1. The number of hydrogen-bond donors (Lipinski definition) is 0. The van der Waals surface area contributed by atoms with Crippen LogP contribution in [-0.4, -0.2) is 26.3 Å². The molecule has 0 fully saturated rings. The third-order valence-electron chi connectivity index (χ3n) is 2.06. The first-order valence-electron chi connectivity index (χ1n) is 4.71. The highest BCUT2D eigenvalue weighted by molar-refractivity contribution is 9.10. The maximum atomic E-state index is 12.0. The molecule has 0 spiro atoms. The zero-order valence-corrected chi connectivity index (χ0v) is 11.2. The van der Waals surface area contributed by atoms with Crippen molar-refractivity contribution in [2.45, 2.75) is 18.2 Å². The molecule has 0 aromatic heterocycles. The highest BCUT2D eigenvalue weighted by atomic mass is 79.9. The average molecular weight is 292 g/mol. The van der Waals surface area contributed by atoms with Crippen LogP contribution in [0.2, 0.25) is 0 Å². The van der Waals surface area contributed by atoms with Crippen molar-refractivity contribution in [2.24, 2.45) is 0 Å². The van der Waals surface area contributed by atoms with E-state index in [4.69, 9.17) is 0 Å². The second-order valence-electron chi connectivity index (χ2n) is 3.26. The molecule has 0 saturated carbocycles. The van der Waals surface area contributed by atoms with E-state index in [1.807, 2.05) is 6.92 Å². The minimum atomic E-state index is -3.35. The summed E-state index contributed by atoms with van der Waals surface area (Å²) in [5.74, 6) is 0. The average Bonchev–Trinajstić information content (AvgIpc) is 2.18. The molecule has 1 aromatic rings. The van der Waals surface area contributed by atoms with Gasteiger partial charge in [0.15, 0.2) is 0 Å². The van der Waals surface area contributed by atoms with Crippen molar-refractivity contribution >= 4 is 26.0 Å². The summed E-state index contributed by atoms with van der Waals surface area (Å²) in [6, 6.07) is 6.85. The molecule has 1 aromatic carbocycles. The van der Waals surface area contributed by atoms with E-state index < -0.39 is 10.0 Å². The Morgan fingerprint density at radius 1 is 1.33 bits per heavy atom. The number of halogens is 1. The van der Waals surface area contributed by atoms with Gasteiger partial charge in [0.1, 0.15) is 0 Å². The summed E-state index contributed by atoms with van der Waals surface area (Å²) in [7, 11) is -1.75. The summed E-state index contributed by atoms with van der Waals surface area (Å²) in [5, 5.41) is 0. The third-order valence-corrected chi connectivity index (χ3v) is 4.93. The van der Waals surface area contributed by atoms with Crippen LogP contribution in [0.3, 0.4) is 0 Å². The molecule has 0 heterocycles. The second kappa shape index (κ2) is 5.09. The van der Waals surface area contributed by atoms with E-state index in [2.05, 4.69) is 15.9 Å². The molecule has 0 atom stereocenters. The van der Waals surface area contributed by atoms with Gasteiger partial charge in [-0.05, 0) is 34.5 Å². The lowest BCUT2D eigenvalue weighted by atomic mass is 10.4. The Hall–Kier alpha value is -0.390. The van der Waals surface area contributed by atoms with Gasteiger partial charge in [-0.25, -0.2) is 12.7 Å². The fourth-order valence-electron chi connectivity index (χ4n) is 1.26. The number of hydrogen-bond acceptors (Lipinski definition) is 2. The number of nitrogens with zero attached hydrogens (tertiary/aromatic N) is 1. The maximum Gasteiger partial charge on any atom is 0.243 e. The molecule has 84 valence electrons. The smallest absolute Gasteiger partial charge is 0.207 e. The first-order chi connectivity index (χ1) is 7.00. The summed E-state index contributed by atoms with van der Waals surface area (Å²) >= 11 is 3.25. The highest BCUT2D eigenvalue weighted by Crippen LogP contribution is 2.23. The normalized spacial score (nSPS) is 12.0. The molecule has 0 bridgehead atoms. The summed E-state index contributed by atoms with van der Waals surface area (Å²) in [4.78, 5) is 0.320. The van der Waals surface area contributed by atoms with Crippen LogP contribution in [0.4, 0.5) is 0 Å². The second-order valence-corrected chi connectivity index (χ2v) is 6.12. The van der Waals surface area contributed by atoms with Gasteiger partial charge in [0.05, 0.1) is 4.90 Å². The predicted octanol–water partition coefficient (Wildman–Crippen LogP) is 2.48. The molecule has 3 nitrogen and oxygen atoms in total. The quantitative estimate of drug-likeness (QED) is 0.855. The molecule has 0 N–H and O–H groups in total. The van der Waals surface area contributed by atoms with E-state index in [-0.39, 0.29) is 0 Å². The Morgan fingerprint density at radius 2 is 1.93 bits per heavy atom. The molecule has 0 radical (unpaired) electrons. The van der Waals surface area contributed by atoms with E-state index >= 15 is 0 Å². The zero-order valence-electron chi connectivity index (χ0n) is 8.77. The number of sulfonamides is 1. The Balaban J connectivity index is 3.12. The van der Waals surface area contributed by atoms with E-state index in [1.165, 1.54) is 4.31 Å².